The maximum absolute atomic E-state index is 5.40. The lowest BCUT2D eigenvalue weighted by molar-refractivity contribution is 0.108. The molecule has 0 aliphatic carbocycles. The Balaban J connectivity index is 1.71. The van der Waals surface area contributed by atoms with Crippen LogP contribution in [-0.2, 0) is 6.42 Å². The number of nitrogens with zero attached hydrogens (tertiary/aromatic N) is 4. The zero-order chi connectivity index (χ0) is 13.9. The Morgan fingerprint density at radius 1 is 1.20 bits per heavy atom. The molecule has 0 saturated carbocycles. The molecule has 106 valence electrons. The van der Waals surface area contributed by atoms with Crippen molar-refractivity contribution in [2.45, 2.75) is 12.5 Å². The molecule has 1 aromatic heterocycles. The summed E-state index contributed by atoms with van der Waals surface area (Å²) in [5, 5.41) is 4.08. The van der Waals surface area contributed by atoms with Crippen molar-refractivity contribution in [1.82, 2.24) is 19.9 Å². The maximum Gasteiger partial charge on any atom is 0.228 e. The van der Waals surface area contributed by atoms with Crippen LogP contribution in [0.3, 0.4) is 0 Å². The molecule has 0 amide bonds. The van der Waals surface area contributed by atoms with Crippen LogP contribution in [-0.4, -0.2) is 59.7 Å². The normalized spacial score (nSPS) is 21.2. The lowest BCUT2D eigenvalue weighted by Crippen LogP contribution is -2.50. The second kappa shape index (κ2) is 5.73. The molecule has 2 aromatic rings. The molecule has 1 atom stereocenters. The van der Waals surface area contributed by atoms with Gasteiger partial charge in [0, 0.05) is 37.7 Å². The van der Waals surface area contributed by atoms with Crippen LogP contribution in [0.5, 0.6) is 0 Å². The van der Waals surface area contributed by atoms with Gasteiger partial charge in [0.15, 0.2) is 0 Å². The van der Waals surface area contributed by atoms with Crippen LogP contribution in [0.2, 0.25) is 0 Å². The third-order valence-corrected chi connectivity index (χ3v) is 3.89. The molecule has 20 heavy (non-hydrogen) atoms. The van der Waals surface area contributed by atoms with E-state index in [-0.39, 0.29) is 0 Å². The highest BCUT2D eigenvalue weighted by Gasteiger charge is 2.24. The van der Waals surface area contributed by atoms with E-state index in [4.69, 9.17) is 4.52 Å². The molecule has 2 heterocycles. The van der Waals surface area contributed by atoms with Crippen molar-refractivity contribution < 1.29 is 4.52 Å². The summed E-state index contributed by atoms with van der Waals surface area (Å²) < 4.78 is 5.40. The fourth-order valence-corrected chi connectivity index (χ4v) is 2.57. The average molecular weight is 272 g/mol. The summed E-state index contributed by atoms with van der Waals surface area (Å²) in [6.45, 7) is 3.24. The SMILES string of the molecule is CN1CCN(C)[C@H](Cc2nc(-c3ccccc3)no2)C1. The summed E-state index contributed by atoms with van der Waals surface area (Å²) in [7, 11) is 4.31. The zero-order valence-electron chi connectivity index (χ0n) is 12.0. The van der Waals surface area contributed by atoms with Crippen LogP contribution in [0.1, 0.15) is 5.89 Å². The Kier molecular flexibility index (Phi) is 3.80. The Morgan fingerprint density at radius 2 is 2.00 bits per heavy atom. The molecule has 1 aliphatic rings. The molecular formula is C15H20N4O. The van der Waals surface area contributed by atoms with Gasteiger partial charge in [-0.2, -0.15) is 4.98 Å². The molecular weight excluding hydrogens is 252 g/mol. The van der Waals surface area contributed by atoms with Gasteiger partial charge in [-0.1, -0.05) is 35.5 Å². The van der Waals surface area contributed by atoms with Gasteiger partial charge in [0.2, 0.25) is 11.7 Å². The average Bonchev–Trinajstić information content (AvgIpc) is 2.92. The molecule has 0 spiro atoms. The van der Waals surface area contributed by atoms with Gasteiger partial charge < -0.3 is 14.3 Å². The molecule has 5 heteroatoms. The van der Waals surface area contributed by atoms with Crippen LogP contribution >= 0.6 is 0 Å². The van der Waals surface area contributed by atoms with E-state index < -0.39 is 0 Å². The number of aromatic nitrogens is 2. The third kappa shape index (κ3) is 2.89. The van der Waals surface area contributed by atoms with E-state index in [1.165, 1.54) is 0 Å². The summed E-state index contributed by atoms with van der Waals surface area (Å²) in [6, 6.07) is 10.4. The van der Waals surface area contributed by atoms with Gasteiger partial charge in [-0.3, -0.25) is 0 Å². The molecule has 0 bridgehead atoms. The Bertz CT molecular complexity index is 554. The van der Waals surface area contributed by atoms with Gasteiger partial charge in [0.25, 0.3) is 0 Å². The van der Waals surface area contributed by atoms with Crippen molar-refractivity contribution in [2.24, 2.45) is 0 Å². The molecule has 1 aromatic carbocycles. The minimum absolute atomic E-state index is 0.442. The van der Waals surface area contributed by atoms with Gasteiger partial charge in [0.05, 0.1) is 0 Å². The highest BCUT2D eigenvalue weighted by atomic mass is 16.5. The smallest absolute Gasteiger partial charge is 0.228 e. The van der Waals surface area contributed by atoms with Gasteiger partial charge in [-0.25, -0.2) is 0 Å². The number of hydrogen-bond donors (Lipinski definition) is 0. The summed E-state index contributed by atoms with van der Waals surface area (Å²) in [4.78, 5) is 9.22. The van der Waals surface area contributed by atoms with E-state index in [0.29, 0.717) is 11.9 Å². The predicted octanol–water partition coefficient (Wildman–Crippen LogP) is 1.52. The van der Waals surface area contributed by atoms with Crippen LogP contribution in [0.4, 0.5) is 0 Å². The zero-order valence-corrected chi connectivity index (χ0v) is 12.0. The minimum Gasteiger partial charge on any atom is -0.339 e. The number of likely N-dealkylation sites (N-methyl/N-ethyl adjacent to an activating group) is 2. The fourth-order valence-electron chi connectivity index (χ4n) is 2.57. The lowest BCUT2D eigenvalue weighted by Gasteiger charge is -2.37. The van der Waals surface area contributed by atoms with Crippen LogP contribution < -0.4 is 0 Å². The topological polar surface area (TPSA) is 45.4 Å². The highest BCUT2D eigenvalue weighted by molar-refractivity contribution is 5.53. The first-order valence-electron chi connectivity index (χ1n) is 6.99. The highest BCUT2D eigenvalue weighted by Crippen LogP contribution is 2.17. The van der Waals surface area contributed by atoms with Gasteiger partial charge in [-0.15, -0.1) is 0 Å². The van der Waals surface area contributed by atoms with Crippen molar-refractivity contribution in [3.8, 4) is 11.4 Å². The fraction of sp³-hybridized carbons (Fsp3) is 0.467. The predicted molar refractivity (Wildman–Crippen MR) is 77.4 cm³/mol. The molecule has 0 N–H and O–H groups in total. The largest absolute Gasteiger partial charge is 0.339 e. The van der Waals surface area contributed by atoms with Crippen molar-refractivity contribution in [2.75, 3.05) is 33.7 Å². The second-order valence-corrected chi connectivity index (χ2v) is 5.48. The van der Waals surface area contributed by atoms with E-state index in [0.717, 1.165) is 37.5 Å². The van der Waals surface area contributed by atoms with Crippen molar-refractivity contribution >= 4 is 0 Å². The third-order valence-electron chi connectivity index (χ3n) is 3.89. The van der Waals surface area contributed by atoms with E-state index in [1.807, 2.05) is 30.3 Å². The van der Waals surface area contributed by atoms with E-state index in [9.17, 15) is 0 Å². The molecule has 0 unspecified atom stereocenters. The van der Waals surface area contributed by atoms with Gasteiger partial charge >= 0.3 is 0 Å². The first-order chi connectivity index (χ1) is 9.72. The molecule has 1 fully saturated rings. The summed E-state index contributed by atoms with van der Waals surface area (Å²) >= 11 is 0. The van der Waals surface area contributed by atoms with Gasteiger partial charge in [0.1, 0.15) is 0 Å². The number of rotatable bonds is 3. The molecule has 1 aliphatic heterocycles. The van der Waals surface area contributed by atoms with Crippen LogP contribution in [0, 0.1) is 0 Å². The lowest BCUT2D eigenvalue weighted by atomic mass is 10.1. The Hall–Kier alpha value is -1.72. The Labute approximate surface area is 119 Å². The maximum atomic E-state index is 5.40. The van der Waals surface area contributed by atoms with E-state index in [1.54, 1.807) is 0 Å². The van der Waals surface area contributed by atoms with Crippen molar-refractivity contribution in [1.29, 1.82) is 0 Å². The number of piperazine rings is 1. The molecule has 0 radical (unpaired) electrons. The first-order valence-corrected chi connectivity index (χ1v) is 6.99. The quantitative estimate of drug-likeness (QED) is 0.848. The summed E-state index contributed by atoms with van der Waals surface area (Å²) in [5.41, 5.74) is 0.997. The molecule has 5 nitrogen and oxygen atoms in total. The Morgan fingerprint density at radius 3 is 2.80 bits per heavy atom. The molecule has 1 saturated heterocycles. The summed E-state index contributed by atoms with van der Waals surface area (Å²) in [5.74, 6) is 1.39. The monoisotopic (exact) mass is 272 g/mol. The standard InChI is InChI=1S/C15H20N4O/c1-18-8-9-19(2)13(11-18)10-14-16-15(17-20-14)12-6-4-3-5-7-12/h3-7,13H,8-11H2,1-2H3/t13-/m1/s1. The van der Waals surface area contributed by atoms with Crippen molar-refractivity contribution in [3.05, 3.63) is 36.2 Å². The van der Waals surface area contributed by atoms with Gasteiger partial charge in [-0.05, 0) is 14.1 Å². The van der Waals surface area contributed by atoms with E-state index >= 15 is 0 Å². The van der Waals surface area contributed by atoms with E-state index in [2.05, 4.69) is 34.0 Å². The summed E-state index contributed by atoms with van der Waals surface area (Å²) in [6.07, 6.45) is 0.806. The van der Waals surface area contributed by atoms with Crippen LogP contribution in [0.15, 0.2) is 34.9 Å². The van der Waals surface area contributed by atoms with Crippen molar-refractivity contribution in [3.63, 3.8) is 0 Å². The number of benzene rings is 1. The number of hydrogen-bond acceptors (Lipinski definition) is 5. The first kappa shape index (κ1) is 13.3. The minimum atomic E-state index is 0.442. The second-order valence-electron chi connectivity index (χ2n) is 5.48. The molecule has 3 rings (SSSR count). The van der Waals surface area contributed by atoms with Crippen LogP contribution in [0.25, 0.3) is 11.4 Å².